The molecule has 9 nitrogen and oxygen atoms in total. The summed E-state index contributed by atoms with van der Waals surface area (Å²) in [6.45, 7) is 3.66. The Balaban J connectivity index is 4.25. The first-order valence-corrected chi connectivity index (χ1v) is 20.3. The van der Waals surface area contributed by atoms with Crippen molar-refractivity contribution in [2.24, 2.45) is 5.73 Å². The normalized spacial score (nSPS) is 13.7. The lowest BCUT2D eigenvalue weighted by atomic mass is 10.0. The summed E-state index contributed by atoms with van der Waals surface area (Å²) >= 11 is 0. The Morgan fingerprint density at radius 2 is 1.13 bits per heavy atom. The van der Waals surface area contributed by atoms with E-state index in [0.717, 1.165) is 64.2 Å². The molecule has 0 radical (unpaired) electrons. The lowest BCUT2D eigenvalue weighted by molar-refractivity contribution is -0.161. The van der Waals surface area contributed by atoms with E-state index in [2.05, 4.69) is 38.2 Å². The van der Waals surface area contributed by atoms with Gasteiger partial charge in [0.2, 0.25) is 0 Å². The zero-order valence-corrected chi connectivity index (χ0v) is 30.9. The lowest BCUT2D eigenvalue weighted by Gasteiger charge is -2.19. The quantitative estimate of drug-likeness (QED) is 0.0289. The Morgan fingerprint density at radius 3 is 1.68 bits per heavy atom. The van der Waals surface area contributed by atoms with E-state index in [4.69, 9.17) is 24.3 Å². The van der Waals surface area contributed by atoms with Gasteiger partial charge in [0.15, 0.2) is 6.10 Å². The predicted octanol–water partition coefficient (Wildman–Crippen LogP) is 10.0. The second kappa shape index (κ2) is 34.4. The van der Waals surface area contributed by atoms with Crippen LogP contribution >= 0.6 is 7.82 Å². The molecule has 0 saturated carbocycles. The number of phosphoric acid groups is 1. The van der Waals surface area contributed by atoms with Crippen LogP contribution in [0.3, 0.4) is 0 Å². The minimum Gasteiger partial charge on any atom is -0.462 e. The highest BCUT2D eigenvalue weighted by atomic mass is 31.2. The number of hydrogen-bond donors (Lipinski definition) is 2. The molecule has 0 saturated heterocycles. The molecule has 3 N–H and O–H groups in total. The molecule has 0 aromatic rings. The van der Waals surface area contributed by atoms with E-state index >= 15 is 0 Å². The van der Waals surface area contributed by atoms with E-state index in [9.17, 15) is 19.0 Å². The van der Waals surface area contributed by atoms with E-state index in [-0.39, 0.29) is 38.6 Å². The van der Waals surface area contributed by atoms with Crippen molar-refractivity contribution in [2.75, 3.05) is 26.4 Å². The number of carbonyl (C=O) groups excluding carboxylic acids is 2. The highest BCUT2D eigenvalue weighted by Gasteiger charge is 2.25. The molecule has 2 atom stereocenters. The van der Waals surface area contributed by atoms with Crippen LogP contribution in [0.1, 0.15) is 168 Å². The summed E-state index contributed by atoms with van der Waals surface area (Å²) in [7, 11) is -4.37. The maximum absolute atomic E-state index is 12.5. The summed E-state index contributed by atoms with van der Waals surface area (Å²) in [5, 5.41) is 0. The molecule has 10 heteroatoms. The van der Waals surface area contributed by atoms with Crippen molar-refractivity contribution < 1.29 is 37.6 Å². The zero-order valence-electron chi connectivity index (χ0n) is 30.0. The largest absolute Gasteiger partial charge is 0.472 e. The smallest absolute Gasteiger partial charge is 0.462 e. The fraction of sp³-hybridized carbons (Fsp3) is 0.838. The van der Waals surface area contributed by atoms with E-state index in [1.807, 2.05) is 0 Å². The number of unbranched alkanes of at least 4 members (excludes halogenated alkanes) is 18. The third kappa shape index (κ3) is 34.2. The van der Waals surface area contributed by atoms with Crippen LogP contribution in [0.15, 0.2) is 24.3 Å². The third-order valence-electron chi connectivity index (χ3n) is 7.84. The average Bonchev–Trinajstić information content (AvgIpc) is 3.05. The maximum atomic E-state index is 12.5. The van der Waals surface area contributed by atoms with Gasteiger partial charge in [0.05, 0.1) is 13.2 Å². The van der Waals surface area contributed by atoms with Crippen molar-refractivity contribution in [1.82, 2.24) is 0 Å². The molecule has 0 spiro atoms. The number of esters is 2. The standard InChI is InChI=1S/C37H70NO8P/c1-3-5-7-9-11-13-15-17-18-20-22-24-26-28-30-37(40)46-35(34-45-47(41,42)44-32-31-38)33-43-36(39)29-27-25-23-21-19-16-14-12-10-8-6-4-2/h9,11,15,17,35H,3-8,10,12-14,16,18-34,38H2,1-2H3,(H,41,42)/b11-9-,17-15-. The predicted molar refractivity (Wildman–Crippen MR) is 192 cm³/mol. The van der Waals surface area contributed by atoms with Gasteiger partial charge in [0.1, 0.15) is 6.61 Å². The fourth-order valence-corrected chi connectivity index (χ4v) is 5.77. The lowest BCUT2D eigenvalue weighted by Crippen LogP contribution is -2.29. The molecular weight excluding hydrogens is 617 g/mol. The molecule has 0 bridgehead atoms. The molecule has 0 aromatic carbocycles. The summed E-state index contributed by atoms with van der Waals surface area (Å²) in [4.78, 5) is 34.7. The van der Waals surface area contributed by atoms with Gasteiger partial charge in [0.25, 0.3) is 0 Å². The number of rotatable bonds is 35. The first kappa shape index (κ1) is 45.5. The summed E-state index contributed by atoms with van der Waals surface area (Å²) < 4.78 is 32.6. The fourth-order valence-electron chi connectivity index (χ4n) is 5.00. The summed E-state index contributed by atoms with van der Waals surface area (Å²) in [5.74, 6) is -0.843. The Labute approximate surface area is 287 Å². The van der Waals surface area contributed by atoms with Crippen molar-refractivity contribution in [3.05, 3.63) is 24.3 Å². The second-order valence-corrected chi connectivity index (χ2v) is 13.9. The molecule has 0 fully saturated rings. The molecule has 0 amide bonds. The van der Waals surface area contributed by atoms with Crippen LogP contribution in [0.2, 0.25) is 0 Å². The van der Waals surface area contributed by atoms with Crippen LogP contribution < -0.4 is 5.73 Å². The van der Waals surface area contributed by atoms with Crippen LogP contribution in [0.25, 0.3) is 0 Å². The molecular formula is C37H70NO8P. The molecule has 276 valence electrons. The molecule has 47 heavy (non-hydrogen) atoms. The number of carbonyl (C=O) groups is 2. The van der Waals surface area contributed by atoms with Crippen LogP contribution in [-0.4, -0.2) is 49.3 Å². The van der Waals surface area contributed by atoms with Gasteiger partial charge in [-0.3, -0.25) is 18.6 Å². The van der Waals surface area contributed by atoms with Crippen molar-refractivity contribution in [1.29, 1.82) is 0 Å². The Hall–Kier alpha value is -1.51. The first-order valence-electron chi connectivity index (χ1n) is 18.8. The van der Waals surface area contributed by atoms with Crippen molar-refractivity contribution in [2.45, 2.75) is 174 Å². The minimum absolute atomic E-state index is 0.0521. The Bertz CT molecular complexity index is 835. The zero-order chi connectivity index (χ0) is 34.7. The van der Waals surface area contributed by atoms with E-state index in [0.29, 0.717) is 6.42 Å². The van der Waals surface area contributed by atoms with Crippen molar-refractivity contribution in [3.63, 3.8) is 0 Å². The highest BCUT2D eigenvalue weighted by molar-refractivity contribution is 7.47. The maximum Gasteiger partial charge on any atom is 0.472 e. The summed E-state index contributed by atoms with van der Waals surface area (Å²) in [6.07, 6.45) is 33.4. The van der Waals surface area contributed by atoms with Gasteiger partial charge >= 0.3 is 19.8 Å². The third-order valence-corrected chi connectivity index (χ3v) is 8.82. The molecule has 2 unspecified atom stereocenters. The average molecular weight is 688 g/mol. The molecule has 0 aromatic heterocycles. The van der Waals surface area contributed by atoms with Gasteiger partial charge in [-0.25, -0.2) is 4.57 Å². The van der Waals surface area contributed by atoms with Gasteiger partial charge in [0, 0.05) is 19.4 Å². The monoisotopic (exact) mass is 687 g/mol. The van der Waals surface area contributed by atoms with E-state index in [1.165, 1.54) is 70.6 Å². The van der Waals surface area contributed by atoms with Crippen molar-refractivity contribution in [3.8, 4) is 0 Å². The number of nitrogens with two attached hydrogens (primary N) is 1. The van der Waals surface area contributed by atoms with Crippen LogP contribution in [0.5, 0.6) is 0 Å². The Morgan fingerprint density at radius 1 is 0.638 bits per heavy atom. The highest BCUT2D eigenvalue weighted by Crippen LogP contribution is 2.43. The molecule has 0 aliphatic rings. The van der Waals surface area contributed by atoms with E-state index < -0.39 is 26.5 Å². The van der Waals surface area contributed by atoms with Crippen LogP contribution in [-0.2, 0) is 32.7 Å². The van der Waals surface area contributed by atoms with Gasteiger partial charge < -0.3 is 20.1 Å². The topological polar surface area (TPSA) is 134 Å². The van der Waals surface area contributed by atoms with Gasteiger partial charge in [-0.15, -0.1) is 0 Å². The number of hydrogen-bond acceptors (Lipinski definition) is 8. The van der Waals surface area contributed by atoms with Gasteiger partial charge in [-0.2, -0.15) is 0 Å². The van der Waals surface area contributed by atoms with Crippen LogP contribution in [0.4, 0.5) is 0 Å². The first-order chi connectivity index (χ1) is 22.8. The SMILES string of the molecule is CCCC/C=C\C/C=C\CCCCCCCC(=O)OC(COC(=O)CCCCCCCCCCCCCC)COP(=O)(O)OCCN. The van der Waals surface area contributed by atoms with Crippen LogP contribution in [0, 0.1) is 0 Å². The number of ether oxygens (including phenoxy) is 2. The molecule has 0 aliphatic carbocycles. The molecule has 0 aliphatic heterocycles. The van der Waals surface area contributed by atoms with E-state index in [1.54, 1.807) is 0 Å². The molecule has 0 heterocycles. The van der Waals surface area contributed by atoms with Crippen molar-refractivity contribution >= 4 is 19.8 Å². The van der Waals surface area contributed by atoms with Gasteiger partial charge in [-0.1, -0.05) is 141 Å². The number of phosphoric ester groups is 1. The van der Waals surface area contributed by atoms with Gasteiger partial charge in [-0.05, 0) is 38.5 Å². The summed E-state index contributed by atoms with van der Waals surface area (Å²) in [6, 6.07) is 0. The second-order valence-electron chi connectivity index (χ2n) is 12.4. The Kier molecular flexibility index (Phi) is 33.3. The number of allylic oxidation sites excluding steroid dienone is 4. The molecule has 0 rings (SSSR count). The minimum atomic E-state index is -4.37. The summed E-state index contributed by atoms with van der Waals surface area (Å²) in [5.41, 5.74) is 5.32.